The van der Waals surface area contributed by atoms with Crippen LogP contribution in [0.15, 0.2) is 0 Å². The number of esters is 1. The van der Waals surface area contributed by atoms with Crippen molar-refractivity contribution in [1.29, 1.82) is 0 Å². The van der Waals surface area contributed by atoms with Crippen molar-refractivity contribution >= 4 is 14.4 Å². The van der Waals surface area contributed by atoms with Gasteiger partial charge in [-0.15, -0.1) is 0 Å². The molecule has 0 heterocycles. The average molecular weight is 190 g/mol. The summed E-state index contributed by atoms with van der Waals surface area (Å²) in [5.41, 5.74) is 0. The Balaban J connectivity index is -0.0000000408. The van der Waals surface area contributed by atoms with Crippen LogP contribution in [0.25, 0.3) is 0 Å². The number of carbonyl (C=O) groups is 1. The van der Waals surface area contributed by atoms with Crippen molar-refractivity contribution in [1.82, 2.24) is 0 Å². The molecule has 0 aromatic carbocycles. The van der Waals surface area contributed by atoms with Crippen molar-refractivity contribution in [2.75, 3.05) is 6.61 Å². The maximum absolute atomic E-state index is 10.1. The fourth-order valence-corrected chi connectivity index (χ4v) is 0.360. The molecule has 0 aliphatic carbocycles. The predicted octanol–water partition coefficient (Wildman–Crippen LogP) is 0.623. The maximum atomic E-state index is 10.1. The van der Waals surface area contributed by atoms with Crippen LogP contribution in [0.1, 0.15) is 26.7 Å². The molecule has 0 aliphatic heterocycles. The smallest absolute Gasteiger partial charge is 0.302 e. The molecule has 78 valence electrons. The zero-order valence-electron chi connectivity index (χ0n) is 6.66. The van der Waals surface area contributed by atoms with E-state index in [-0.39, 0.29) is 28.5 Å². The first-order chi connectivity index (χ1) is 3.77. The van der Waals surface area contributed by atoms with Gasteiger partial charge in [0.25, 0.3) is 0 Å². The van der Waals surface area contributed by atoms with Crippen LogP contribution in [0.2, 0.25) is 0 Å². The lowest BCUT2D eigenvalue weighted by Gasteiger charge is -1.96. The van der Waals surface area contributed by atoms with E-state index in [2.05, 4.69) is 11.7 Å². The van der Waals surface area contributed by atoms with Gasteiger partial charge in [0, 0.05) is 6.92 Å². The molecular formula is C6H18BF3O2. The van der Waals surface area contributed by atoms with Gasteiger partial charge in [0.15, 0.2) is 0 Å². The van der Waals surface area contributed by atoms with Crippen LogP contribution in [0, 0.1) is 0 Å². The van der Waals surface area contributed by atoms with Crippen LogP contribution in [0.5, 0.6) is 0 Å². The molecule has 0 N–H and O–H groups in total. The summed E-state index contributed by atoms with van der Waals surface area (Å²) < 4.78 is 4.64. The molecule has 0 bridgehead atoms. The fraction of sp³-hybridized carbons (Fsp3) is 0.833. The van der Waals surface area contributed by atoms with E-state index in [4.69, 9.17) is 0 Å². The van der Waals surface area contributed by atoms with E-state index in [9.17, 15) is 4.79 Å². The zero-order valence-corrected chi connectivity index (χ0v) is 6.66. The van der Waals surface area contributed by atoms with Crippen molar-refractivity contribution in [3.05, 3.63) is 0 Å². The third kappa shape index (κ3) is 34.6. The second kappa shape index (κ2) is 22.4. The van der Waals surface area contributed by atoms with E-state index < -0.39 is 0 Å². The quantitative estimate of drug-likeness (QED) is 0.370. The zero-order chi connectivity index (χ0) is 6.41. The Bertz CT molecular complexity index is 83.2. The fourth-order valence-electron chi connectivity index (χ4n) is 0.360. The number of halogens is 3. The number of rotatable bonds is 3. The highest BCUT2D eigenvalue weighted by Gasteiger charge is 1.88. The second-order valence-corrected chi connectivity index (χ2v) is 1.69. The summed E-state index contributed by atoms with van der Waals surface area (Å²) in [5, 5.41) is 0. The number of carbonyl (C=O) groups excluding carboxylic acids is 1. The minimum atomic E-state index is -0.182. The van der Waals surface area contributed by atoms with Gasteiger partial charge in [-0.3, -0.25) is 18.9 Å². The molecule has 0 rings (SSSR count). The van der Waals surface area contributed by atoms with E-state index in [1.807, 2.05) is 0 Å². The van der Waals surface area contributed by atoms with Crippen molar-refractivity contribution in [3.8, 4) is 0 Å². The van der Waals surface area contributed by atoms with Gasteiger partial charge in [-0.25, -0.2) is 0 Å². The summed E-state index contributed by atoms with van der Waals surface area (Å²) >= 11 is 0. The highest BCUT2D eigenvalue weighted by Crippen LogP contribution is 1.86. The van der Waals surface area contributed by atoms with Crippen LogP contribution >= 0.6 is 0 Å². The molecule has 0 aromatic rings. The monoisotopic (exact) mass is 190 g/mol. The maximum Gasteiger partial charge on any atom is 0.302 e. The number of hydrogen-bond acceptors (Lipinski definition) is 2. The van der Waals surface area contributed by atoms with Gasteiger partial charge in [-0.1, -0.05) is 13.3 Å². The molecule has 0 amide bonds. The second-order valence-electron chi connectivity index (χ2n) is 1.69. The van der Waals surface area contributed by atoms with Gasteiger partial charge in [-0.05, 0) is 6.42 Å². The van der Waals surface area contributed by atoms with Crippen molar-refractivity contribution in [3.63, 3.8) is 0 Å². The van der Waals surface area contributed by atoms with E-state index in [1.165, 1.54) is 6.92 Å². The lowest BCUT2D eigenvalue weighted by molar-refractivity contribution is -0.141. The first-order valence-electron chi connectivity index (χ1n) is 2.90. The molecule has 0 aliphatic rings. The third-order valence-corrected chi connectivity index (χ3v) is 0.803. The lowest BCUT2D eigenvalue weighted by atomic mass is 10.4. The highest BCUT2D eigenvalue weighted by molar-refractivity contribution is 5.75. The Kier molecular flexibility index (Phi) is 56.4. The number of unbranched alkanes of at least 4 members (excludes halogenated alkanes) is 1. The van der Waals surface area contributed by atoms with Crippen LogP contribution in [0.4, 0.5) is 14.1 Å². The number of ether oxygens (including phenoxy) is 1. The highest BCUT2D eigenvalue weighted by atomic mass is 19.0. The van der Waals surface area contributed by atoms with E-state index in [0.29, 0.717) is 6.61 Å². The van der Waals surface area contributed by atoms with Gasteiger partial charge in [0.2, 0.25) is 0 Å². The molecule has 2 nitrogen and oxygen atoms in total. The summed E-state index contributed by atoms with van der Waals surface area (Å²) in [5.74, 6) is -0.182. The summed E-state index contributed by atoms with van der Waals surface area (Å²) in [4.78, 5) is 10.1. The van der Waals surface area contributed by atoms with Crippen molar-refractivity contribution in [2.45, 2.75) is 26.7 Å². The largest absolute Gasteiger partial charge is 0.466 e. The van der Waals surface area contributed by atoms with Crippen LogP contribution < -0.4 is 0 Å². The standard InChI is InChI=1S/C6H12O2.BH3.3FH/c1-3-4-5-8-6(2)7;;;;/h3-5H2,1-2H3;1H3;3*1H. The van der Waals surface area contributed by atoms with Crippen LogP contribution in [-0.2, 0) is 9.53 Å². The minimum absolute atomic E-state index is 0. The van der Waals surface area contributed by atoms with Crippen molar-refractivity contribution < 1.29 is 23.6 Å². The van der Waals surface area contributed by atoms with Crippen LogP contribution in [0.3, 0.4) is 0 Å². The van der Waals surface area contributed by atoms with Crippen molar-refractivity contribution in [2.24, 2.45) is 0 Å². The molecule has 0 atom stereocenters. The summed E-state index contributed by atoms with van der Waals surface area (Å²) in [6.45, 7) is 4.06. The average Bonchev–Trinajstić information content (AvgIpc) is 1.66. The first-order valence-corrected chi connectivity index (χ1v) is 2.90. The molecule has 0 saturated heterocycles. The van der Waals surface area contributed by atoms with E-state index in [1.54, 1.807) is 0 Å². The van der Waals surface area contributed by atoms with Gasteiger partial charge >= 0.3 is 5.97 Å². The molecule has 0 spiro atoms. The van der Waals surface area contributed by atoms with E-state index >= 15 is 0 Å². The summed E-state index contributed by atoms with van der Waals surface area (Å²) in [6, 6.07) is 0. The van der Waals surface area contributed by atoms with Crippen LogP contribution in [-0.4, -0.2) is 21.0 Å². The number of hydrogen-bond donors (Lipinski definition) is 0. The SMILES string of the molecule is B.CCCCOC(C)=O.F.F.F. The lowest BCUT2D eigenvalue weighted by Crippen LogP contribution is -1.99. The predicted molar refractivity (Wildman–Crippen MR) is 49.0 cm³/mol. The van der Waals surface area contributed by atoms with Gasteiger partial charge in [-0.2, -0.15) is 0 Å². The third-order valence-electron chi connectivity index (χ3n) is 0.803. The Morgan fingerprint density at radius 3 is 1.92 bits per heavy atom. The normalized spacial score (nSPS) is 5.83. The van der Waals surface area contributed by atoms with Gasteiger partial charge in [0.1, 0.15) is 0 Å². The molecule has 6 heteroatoms. The Labute approximate surface area is 72.3 Å². The molecule has 0 unspecified atom stereocenters. The molecular weight excluding hydrogens is 172 g/mol. The Hall–Kier alpha value is -0.675. The Morgan fingerprint density at radius 1 is 1.25 bits per heavy atom. The van der Waals surface area contributed by atoms with Gasteiger partial charge < -0.3 is 4.74 Å². The summed E-state index contributed by atoms with van der Waals surface area (Å²) in [7, 11) is 0. The van der Waals surface area contributed by atoms with Gasteiger partial charge in [0.05, 0.1) is 15.0 Å². The molecule has 0 radical (unpaired) electrons. The molecule has 0 saturated carbocycles. The molecule has 0 fully saturated rings. The molecule has 0 aromatic heterocycles. The molecule has 12 heavy (non-hydrogen) atoms. The Morgan fingerprint density at radius 2 is 1.67 bits per heavy atom. The topological polar surface area (TPSA) is 26.3 Å². The van der Waals surface area contributed by atoms with E-state index in [0.717, 1.165) is 12.8 Å². The first kappa shape index (κ1) is 30.2. The minimum Gasteiger partial charge on any atom is -0.466 e. The summed E-state index contributed by atoms with van der Waals surface area (Å²) in [6.07, 6.45) is 2.05.